The fraction of sp³-hybridized carbons (Fsp3) is 0. The van der Waals surface area contributed by atoms with Crippen LogP contribution in [-0.2, 0) is 4.79 Å². The van der Waals surface area contributed by atoms with E-state index in [0.717, 1.165) is 24.3 Å². The van der Waals surface area contributed by atoms with Gasteiger partial charge in [0.05, 0.1) is 15.9 Å². The maximum atomic E-state index is 11.1. The molecule has 0 aliphatic heterocycles. The average molecular weight is 330 g/mol. The number of non-ortho nitro benzene ring substituents is 1. The number of carbonyl (C=O) groups is 1. The number of nitro groups is 2. The van der Waals surface area contributed by atoms with Crippen LogP contribution in [0.2, 0.25) is 0 Å². The zero-order valence-corrected chi connectivity index (χ0v) is 12.0. The van der Waals surface area contributed by atoms with Crippen LogP contribution in [0.15, 0.2) is 48.5 Å². The van der Waals surface area contributed by atoms with E-state index in [2.05, 4.69) is 0 Å². The maximum Gasteiger partial charge on any atom is 0.328 e. The lowest BCUT2D eigenvalue weighted by atomic mass is 10.2. The van der Waals surface area contributed by atoms with Gasteiger partial charge in [-0.05, 0) is 18.2 Å². The van der Waals surface area contributed by atoms with E-state index in [4.69, 9.17) is 9.84 Å². The van der Waals surface area contributed by atoms with Crippen molar-refractivity contribution in [3.05, 3.63) is 74.3 Å². The minimum Gasteiger partial charge on any atom is -0.478 e. The fourth-order valence-electron chi connectivity index (χ4n) is 1.84. The molecule has 1 N–H and O–H groups in total. The van der Waals surface area contributed by atoms with Crippen LogP contribution in [0.1, 0.15) is 5.56 Å². The van der Waals surface area contributed by atoms with Crippen molar-refractivity contribution in [2.75, 3.05) is 0 Å². The van der Waals surface area contributed by atoms with Gasteiger partial charge in [-0.1, -0.05) is 18.2 Å². The van der Waals surface area contributed by atoms with Crippen LogP contribution in [0.25, 0.3) is 6.08 Å². The summed E-state index contributed by atoms with van der Waals surface area (Å²) in [5, 5.41) is 30.5. The molecule has 24 heavy (non-hydrogen) atoms. The van der Waals surface area contributed by atoms with Gasteiger partial charge in [0.1, 0.15) is 5.75 Å². The summed E-state index contributed by atoms with van der Waals surface area (Å²) in [6.45, 7) is 0. The molecule has 0 unspecified atom stereocenters. The highest BCUT2D eigenvalue weighted by Crippen LogP contribution is 2.35. The van der Waals surface area contributed by atoms with Gasteiger partial charge in [-0.3, -0.25) is 20.2 Å². The van der Waals surface area contributed by atoms with E-state index >= 15 is 0 Å². The molecule has 0 saturated carbocycles. The second kappa shape index (κ2) is 7.01. The summed E-state index contributed by atoms with van der Waals surface area (Å²) in [5.74, 6) is -1.18. The SMILES string of the molecule is O=C(O)/C=C/c1ccccc1Oc1ccc([N+](=O)[O-])cc1[N+](=O)[O-]. The standard InChI is InChI=1S/C15H10N2O7/c18-15(19)8-5-10-3-1-2-4-13(10)24-14-7-6-11(16(20)21)9-12(14)17(22)23/h1-9H,(H,18,19)/b8-5+. The molecule has 9 heteroatoms. The number of nitro benzene ring substituents is 2. The fourth-order valence-corrected chi connectivity index (χ4v) is 1.84. The molecule has 0 atom stereocenters. The first-order valence-corrected chi connectivity index (χ1v) is 6.49. The van der Waals surface area contributed by atoms with Crippen LogP contribution in [0, 0.1) is 20.2 Å². The van der Waals surface area contributed by atoms with E-state index in [-0.39, 0.29) is 11.5 Å². The topological polar surface area (TPSA) is 133 Å². The summed E-state index contributed by atoms with van der Waals surface area (Å²) >= 11 is 0. The second-order valence-electron chi connectivity index (χ2n) is 4.48. The van der Waals surface area contributed by atoms with Gasteiger partial charge in [0.2, 0.25) is 5.75 Å². The van der Waals surface area contributed by atoms with Crippen molar-refractivity contribution < 1.29 is 24.5 Å². The largest absolute Gasteiger partial charge is 0.478 e. The zero-order valence-electron chi connectivity index (χ0n) is 12.0. The number of nitrogens with zero attached hydrogens (tertiary/aromatic N) is 2. The Morgan fingerprint density at radius 1 is 1.04 bits per heavy atom. The molecular weight excluding hydrogens is 320 g/mol. The Balaban J connectivity index is 2.43. The van der Waals surface area contributed by atoms with E-state index in [9.17, 15) is 25.0 Å². The van der Waals surface area contributed by atoms with Crippen molar-refractivity contribution in [1.29, 1.82) is 0 Å². The van der Waals surface area contributed by atoms with Crippen LogP contribution in [0.3, 0.4) is 0 Å². The van der Waals surface area contributed by atoms with E-state index in [1.807, 2.05) is 0 Å². The number of ether oxygens (including phenoxy) is 1. The third-order valence-corrected chi connectivity index (χ3v) is 2.89. The minimum absolute atomic E-state index is 0.173. The first kappa shape index (κ1) is 16.6. The van der Waals surface area contributed by atoms with Crippen molar-refractivity contribution in [3.63, 3.8) is 0 Å². The molecule has 9 nitrogen and oxygen atoms in total. The Morgan fingerprint density at radius 3 is 2.38 bits per heavy atom. The van der Waals surface area contributed by atoms with E-state index in [1.165, 1.54) is 12.1 Å². The molecule has 0 bridgehead atoms. The summed E-state index contributed by atoms with van der Waals surface area (Å²) in [6, 6.07) is 9.29. The van der Waals surface area contributed by atoms with Crippen molar-refractivity contribution in [1.82, 2.24) is 0 Å². The summed E-state index contributed by atoms with van der Waals surface area (Å²) in [4.78, 5) is 30.9. The Labute approximate surface area is 134 Å². The number of rotatable bonds is 6. The molecule has 2 rings (SSSR count). The highest BCUT2D eigenvalue weighted by Gasteiger charge is 2.21. The number of carboxylic acid groups (broad SMARTS) is 1. The monoisotopic (exact) mass is 330 g/mol. The van der Waals surface area contributed by atoms with E-state index in [1.54, 1.807) is 18.2 Å². The molecule has 2 aromatic carbocycles. The van der Waals surface area contributed by atoms with Crippen LogP contribution in [0.4, 0.5) is 11.4 Å². The number of hydrogen-bond donors (Lipinski definition) is 1. The summed E-state index contributed by atoms with van der Waals surface area (Å²) in [5.41, 5.74) is -0.623. The van der Waals surface area contributed by atoms with Crippen molar-refractivity contribution in [3.8, 4) is 11.5 Å². The van der Waals surface area contributed by atoms with Crippen LogP contribution in [0.5, 0.6) is 11.5 Å². The summed E-state index contributed by atoms with van der Waals surface area (Å²) in [6.07, 6.45) is 2.17. The van der Waals surface area contributed by atoms with Crippen molar-refractivity contribution in [2.24, 2.45) is 0 Å². The third kappa shape index (κ3) is 3.91. The number of benzene rings is 2. The van der Waals surface area contributed by atoms with Crippen LogP contribution < -0.4 is 4.74 Å². The molecule has 0 radical (unpaired) electrons. The van der Waals surface area contributed by atoms with Gasteiger partial charge in [0.25, 0.3) is 5.69 Å². The normalized spacial score (nSPS) is 10.5. The Morgan fingerprint density at radius 2 is 1.75 bits per heavy atom. The molecular formula is C15H10N2O7. The number of hydrogen-bond acceptors (Lipinski definition) is 6. The molecule has 122 valence electrons. The smallest absolute Gasteiger partial charge is 0.328 e. The quantitative estimate of drug-likeness (QED) is 0.487. The average Bonchev–Trinajstić information content (AvgIpc) is 2.53. The van der Waals surface area contributed by atoms with E-state index < -0.39 is 27.2 Å². The van der Waals surface area contributed by atoms with Gasteiger partial charge in [0, 0.05) is 17.7 Å². The molecule has 0 aliphatic carbocycles. The van der Waals surface area contributed by atoms with Gasteiger partial charge < -0.3 is 9.84 Å². The third-order valence-electron chi connectivity index (χ3n) is 2.89. The van der Waals surface area contributed by atoms with Gasteiger partial charge in [-0.25, -0.2) is 4.79 Å². The van der Waals surface area contributed by atoms with Crippen molar-refractivity contribution >= 4 is 23.4 Å². The molecule has 2 aromatic rings. The Hall–Kier alpha value is -3.75. The zero-order chi connectivity index (χ0) is 17.7. The van der Waals surface area contributed by atoms with Gasteiger partial charge in [-0.2, -0.15) is 0 Å². The van der Waals surface area contributed by atoms with Crippen LogP contribution in [-0.4, -0.2) is 20.9 Å². The van der Waals surface area contributed by atoms with Gasteiger partial charge in [-0.15, -0.1) is 0 Å². The molecule has 0 saturated heterocycles. The molecule has 0 amide bonds. The molecule has 0 fully saturated rings. The number of carboxylic acids is 1. The predicted molar refractivity (Wildman–Crippen MR) is 82.9 cm³/mol. The molecule has 0 heterocycles. The number of aliphatic carboxylic acids is 1. The first-order valence-electron chi connectivity index (χ1n) is 6.49. The second-order valence-corrected chi connectivity index (χ2v) is 4.48. The maximum absolute atomic E-state index is 11.1. The van der Waals surface area contributed by atoms with Gasteiger partial charge >= 0.3 is 11.7 Å². The number of para-hydroxylation sites is 1. The minimum atomic E-state index is -1.16. The predicted octanol–water partition coefficient (Wildman–Crippen LogP) is 3.39. The van der Waals surface area contributed by atoms with E-state index in [0.29, 0.717) is 5.56 Å². The highest BCUT2D eigenvalue weighted by atomic mass is 16.6. The lowest BCUT2D eigenvalue weighted by Crippen LogP contribution is -1.97. The summed E-state index contributed by atoms with van der Waals surface area (Å²) in [7, 11) is 0. The lowest BCUT2D eigenvalue weighted by Gasteiger charge is -2.09. The lowest BCUT2D eigenvalue weighted by molar-refractivity contribution is -0.394. The van der Waals surface area contributed by atoms with Gasteiger partial charge in [0.15, 0.2) is 0 Å². The van der Waals surface area contributed by atoms with Crippen LogP contribution >= 0.6 is 0 Å². The molecule has 0 spiro atoms. The molecule has 0 aliphatic rings. The van der Waals surface area contributed by atoms with Crippen molar-refractivity contribution in [2.45, 2.75) is 0 Å². The molecule has 0 aromatic heterocycles. The highest BCUT2D eigenvalue weighted by molar-refractivity contribution is 5.86. The summed E-state index contributed by atoms with van der Waals surface area (Å²) < 4.78 is 5.46. The first-order chi connectivity index (χ1) is 11.4. The Kier molecular flexibility index (Phi) is 4.85. The Bertz CT molecular complexity index is 845.